The number of anilines is 1. The summed E-state index contributed by atoms with van der Waals surface area (Å²) in [5.41, 5.74) is 0.932. The third-order valence-corrected chi connectivity index (χ3v) is 1.91. The van der Waals surface area contributed by atoms with Crippen LogP contribution in [0.4, 0.5) is 18.9 Å². The molecule has 16 heavy (non-hydrogen) atoms. The van der Waals surface area contributed by atoms with Crippen LogP contribution in [0.15, 0.2) is 27.4 Å². The molecule has 0 saturated carbocycles. The molecule has 7 heteroatoms. The number of hydrogen-bond donors (Lipinski definition) is 2. The van der Waals surface area contributed by atoms with Crippen LogP contribution in [-0.4, -0.2) is 17.7 Å². The molecule has 0 unspecified atom stereocenters. The first-order valence-electron chi connectivity index (χ1n) is 4.37. The second-order valence-corrected chi connectivity index (χ2v) is 3.19. The largest absolute Gasteiger partial charge is 0.417 e. The summed E-state index contributed by atoms with van der Waals surface area (Å²) in [5.74, 6) is -0.636. The second kappa shape index (κ2) is 3.58. The van der Waals surface area contributed by atoms with Crippen molar-refractivity contribution >= 4 is 16.8 Å². The number of aromatic amines is 1. The van der Waals surface area contributed by atoms with Crippen molar-refractivity contribution in [3.63, 3.8) is 0 Å². The molecule has 0 aliphatic carbocycles. The standard InChI is InChI=1S/C9H7F3N2O2/c10-9(11,12)4-13-5-1-2-7-6(3-5)14-8(15)16-7/h1-3,13H,4H2,(H,14,15). The quantitative estimate of drug-likeness (QED) is 0.833. The van der Waals surface area contributed by atoms with Crippen LogP contribution in [-0.2, 0) is 0 Å². The summed E-state index contributed by atoms with van der Waals surface area (Å²) >= 11 is 0. The first-order chi connectivity index (χ1) is 7.44. The molecule has 0 spiro atoms. The molecule has 86 valence electrons. The van der Waals surface area contributed by atoms with Crippen LogP contribution >= 0.6 is 0 Å². The van der Waals surface area contributed by atoms with Crippen LogP contribution in [0.3, 0.4) is 0 Å². The number of fused-ring (bicyclic) bond motifs is 1. The van der Waals surface area contributed by atoms with Crippen molar-refractivity contribution in [2.24, 2.45) is 0 Å². The highest BCUT2D eigenvalue weighted by Crippen LogP contribution is 2.19. The predicted molar refractivity (Wildman–Crippen MR) is 51.4 cm³/mol. The van der Waals surface area contributed by atoms with E-state index in [9.17, 15) is 18.0 Å². The minimum absolute atomic E-state index is 0.266. The summed E-state index contributed by atoms with van der Waals surface area (Å²) in [5, 5.41) is 2.20. The van der Waals surface area contributed by atoms with Gasteiger partial charge in [-0.05, 0) is 18.2 Å². The Morgan fingerprint density at radius 3 is 2.81 bits per heavy atom. The SMILES string of the molecule is O=c1[nH]c2cc(NCC(F)(F)F)ccc2o1. The molecule has 1 heterocycles. The van der Waals surface area contributed by atoms with Crippen molar-refractivity contribution in [3.05, 3.63) is 28.7 Å². The molecule has 2 rings (SSSR count). The smallest absolute Gasteiger partial charge is 0.408 e. The van der Waals surface area contributed by atoms with Crippen LogP contribution in [0.25, 0.3) is 11.1 Å². The number of halogens is 3. The third-order valence-electron chi connectivity index (χ3n) is 1.91. The number of benzene rings is 1. The first kappa shape index (κ1) is 10.6. The molecule has 0 atom stereocenters. The molecule has 0 radical (unpaired) electrons. The highest BCUT2D eigenvalue weighted by molar-refractivity contribution is 5.76. The molecule has 2 N–H and O–H groups in total. The van der Waals surface area contributed by atoms with E-state index >= 15 is 0 Å². The molecule has 2 aromatic rings. The summed E-state index contributed by atoms with van der Waals surface area (Å²) < 4.78 is 40.5. The van der Waals surface area contributed by atoms with E-state index < -0.39 is 18.5 Å². The van der Waals surface area contributed by atoms with Crippen molar-refractivity contribution in [1.82, 2.24) is 4.98 Å². The van der Waals surface area contributed by atoms with Crippen LogP contribution in [0.2, 0.25) is 0 Å². The molecule has 0 fully saturated rings. The van der Waals surface area contributed by atoms with Crippen LogP contribution < -0.4 is 11.1 Å². The van der Waals surface area contributed by atoms with Gasteiger partial charge in [0.1, 0.15) is 6.54 Å². The van der Waals surface area contributed by atoms with Gasteiger partial charge >= 0.3 is 11.9 Å². The summed E-state index contributed by atoms with van der Waals surface area (Å²) in [6, 6.07) is 4.21. The van der Waals surface area contributed by atoms with Gasteiger partial charge in [0.2, 0.25) is 0 Å². The Balaban J connectivity index is 2.22. The van der Waals surface area contributed by atoms with Crippen molar-refractivity contribution in [2.75, 3.05) is 11.9 Å². The highest BCUT2D eigenvalue weighted by Gasteiger charge is 2.26. The van der Waals surface area contributed by atoms with Gasteiger partial charge in [0.05, 0.1) is 5.52 Å². The predicted octanol–water partition coefficient (Wildman–Crippen LogP) is 2.10. The molecule has 1 aromatic carbocycles. The van der Waals surface area contributed by atoms with Crippen LogP contribution in [0.5, 0.6) is 0 Å². The lowest BCUT2D eigenvalue weighted by atomic mass is 10.3. The van der Waals surface area contributed by atoms with Crippen molar-refractivity contribution in [1.29, 1.82) is 0 Å². The van der Waals surface area contributed by atoms with Gasteiger partial charge in [0.15, 0.2) is 5.58 Å². The average molecular weight is 232 g/mol. The molecule has 0 saturated heterocycles. The van der Waals surface area contributed by atoms with Gasteiger partial charge in [-0.1, -0.05) is 0 Å². The summed E-state index contributed by atoms with van der Waals surface area (Å²) in [4.78, 5) is 13.1. The third kappa shape index (κ3) is 2.36. The van der Waals surface area contributed by atoms with Crippen molar-refractivity contribution in [3.8, 4) is 0 Å². The Hall–Kier alpha value is -1.92. The Morgan fingerprint density at radius 1 is 1.38 bits per heavy atom. The lowest BCUT2D eigenvalue weighted by Gasteiger charge is -2.08. The van der Waals surface area contributed by atoms with Crippen molar-refractivity contribution < 1.29 is 17.6 Å². The van der Waals surface area contributed by atoms with Gasteiger partial charge in [-0.2, -0.15) is 13.2 Å². The highest BCUT2D eigenvalue weighted by atomic mass is 19.4. The van der Waals surface area contributed by atoms with E-state index in [1.165, 1.54) is 18.2 Å². The Kier molecular flexibility index (Phi) is 2.37. The summed E-state index contributed by atoms with van der Waals surface area (Å²) in [7, 11) is 0. The molecule has 0 bridgehead atoms. The second-order valence-electron chi connectivity index (χ2n) is 3.19. The zero-order valence-corrected chi connectivity index (χ0v) is 7.89. The average Bonchev–Trinajstić information content (AvgIpc) is 2.52. The zero-order valence-electron chi connectivity index (χ0n) is 7.89. The van der Waals surface area contributed by atoms with E-state index in [4.69, 9.17) is 4.42 Å². The number of rotatable bonds is 2. The molecular formula is C9H7F3N2O2. The topological polar surface area (TPSA) is 58.0 Å². The Morgan fingerprint density at radius 2 is 2.12 bits per heavy atom. The zero-order chi connectivity index (χ0) is 11.8. The van der Waals surface area contributed by atoms with Gasteiger partial charge in [-0.3, -0.25) is 4.98 Å². The molecular weight excluding hydrogens is 225 g/mol. The molecule has 0 aliphatic heterocycles. The number of nitrogens with one attached hydrogen (secondary N) is 2. The number of H-pyrrole nitrogens is 1. The van der Waals surface area contributed by atoms with Gasteiger partial charge in [0.25, 0.3) is 0 Å². The minimum atomic E-state index is -4.28. The van der Waals surface area contributed by atoms with Gasteiger partial charge < -0.3 is 9.73 Å². The van der Waals surface area contributed by atoms with Gasteiger partial charge in [-0.25, -0.2) is 4.79 Å². The number of oxazole rings is 1. The fraction of sp³-hybridized carbons (Fsp3) is 0.222. The Labute approximate surface area is 87.1 Å². The monoisotopic (exact) mass is 232 g/mol. The van der Waals surface area contributed by atoms with E-state index in [2.05, 4.69) is 10.3 Å². The van der Waals surface area contributed by atoms with Gasteiger partial charge in [-0.15, -0.1) is 0 Å². The first-order valence-corrected chi connectivity index (χ1v) is 4.37. The van der Waals surface area contributed by atoms with E-state index in [1.807, 2.05) is 0 Å². The molecule has 0 aliphatic rings. The molecule has 0 amide bonds. The van der Waals surface area contributed by atoms with Crippen molar-refractivity contribution in [2.45, 2.75) is 6.18 Å². The Bertz CT molecular complexity index is 556. The fourth-order valence-corrected chi connectivity index (χ4v) is 1.26. The lowest BCUT2D eigenvalue weighted by Crippen LogP contribution is -2.21. The minimum Gasteiger partial charge on any atom is -0.408 e. The summed E-state index contributed by atoms with van der Waals surface area (Å²) in [6.07, 6.45) is -4.28. The maximum Gasteiger partial charge on any atom is 0.417 e. The van der Waals surface area contributed by atoms with E-state index in [1.54, 1.807) is 0 Å². The van der Waals surface area contributed by atoms with E-state index in [0.29, 0.717) is 11.1 Å². The fourth-order valence-electron chi connectivity index (χ4n) is 1.26. The molecule has 4 nitrogen and oxygen atoms in total. The van der Waals surface area contributed by atoms with E-state index in [-0.39, 0.29) is 5.69 Å². The number of hydrogen-bond acceptors (Lipinski definition) is 3. The van der Waals surface area contributed by atoms with Crippen LogP contribution in [0, 0.1) is 0 Å². The van der Waals surface area contributed by atoms with E-state index in [0.717, 1.165) is 0 Å². The number of alkyl halides is 3. The number of aromatic nitrogens is 1. The summed E-state index contributed by atoms with van der Waals surface area (Å²) in [6.45, 7) is -1.12. The van der Waals surface area contributed by atoms with Gasteiger partial charge in [0, 0.05) is 5.69 Å². The lowest BCUT2D eigenvalue weighted by molar-refractivity contribution is -0.115. The normalized spacial score (nSPS) is 11.9. The maximum absolute atomic E-state index is 11.9. The molecule has 1 aromatic heterocycles. The maximum atomic E-state index is 11.9. The van der Waals surface area contributed by atoms with Crippen LogP contribution in [0.1, 0.15) is 0 Å².